The zero-order chi connectivity index (χ0) is 20.7. The Morgan fingerprint density at radius 2 is 1.80 bits per heavy atom. The molecule has 1 aliphatic carbocycles. The second-order valence-electron chi connectivity index (χ2n) is 7.96. The fraction of sp³-hybridized carbons (Fsp3) is 0.381. The summed E-state index contributed by atoms with van der Waals surface area (Å²) in [6.45, 7) is 1.90. The number of benzene rings is 1. The molecule has 5 rings (SSSR count). The van der Waals surface area contributed by atoms with Gasteiger partial charge in [-0.05, 0) is 30.5 Å². The van der Waals surface area contributed by atoms with Gasteiger partial charge in [-0.1, -0.05) is 30.3 Å². The summed E-state index contributed by atoms with van der Waals surface area (Å²) in [6, 6.07) is 14.2. The van der Waals surface area contributed by atoms with Gasteiger partial charge in [0.25, 0.3) is 5.95 Å². The van der Waals surface area contributed by atoms with Crippen LogP contribution in [0.1, 0.15) is 18.4 Å². The van der Waals surface area contributed by atoms with E-state index in [0.717, 1.165) is 42.6 Å². The number of carbonyl (C=O) groups excluding carboxylic acids is 1. The fourth-order valence-electron chi connectivity index (χ4n) is 3.82. The SMILES string of the molecule is O=CN(c1nc2cccc(-c3ccc(CN4CCS(=O)(=O)CC4)cc3)n2n1)C1CC1. The molecule has 0 unspecified atom stereocenters. The number of pyridine rings is 1. The Bertz CT molecular complexity index is 1170. The third-order valence-corrected chi connectivity index (χ3v) is 7.34. The first-order valence-electron chi connectivity index (χ1n) is 10.1. The topological polar surface area (TPSA) is 87.9 Å². The summed E-state index contributed by atoms with van der Waals surface area (Å²) in [4.78, 5) is 19.8. The number of nitrogens with zero attached hydrogens (tertiary/aromatic N) is 5. The highest BCUT2D eigenvalue weighted by atomic mass is 32.2. The smallest absolute Gasteiger partial charge is 0.252 e. The van der Waals surface area contributed by atoms with Crippen LogP contribution in [0, 0.1) is 0 Å². The number of carbonyl (C=O) groups is 1. The van der Waals surface area contributed by atoms with E-state index in [2.05, 4.69) is 27.1 Å². The molecule has 3 heterocycles. The highest BCUT2D eigenvalue weighted by molar-refractivity contribution is 7.91. The Morgan fingerprint density at radius 1 is 1.07 bits per heavy atom. The van der Waals surface area contributed by atoms with E-state index >= 15 is 0 Å². The number of aromatic nitrogens is 3. The molecule has 1 saturated heterocycles. The molecule has 3 aromatic rings. The standard InChI is InChI=1S/C21H23N5O3S/c27-15-25(18-8-9-18)21-22-20-3-1-2-19(26(20)23-21)17-6-4-16(5-7-17)14-24-10-12-30(28,29)13-11-24/h1-7,15,18H,8-14H2. The van der Waals surface area contributed by atoms with Crippen molar-refractivity contribution < 1.29 is 13.2 Å². The lowest BCUT2D eigenvalue weighted by Crippen LogP contribution is -2.39. The minimum atomic E-state index is -2.86. The third-order valence-electron chi connectivity index (χ3n) is 5.73. The van der Waals surface area contributed by atoms with Crippen molar-refractivity contribution in [2.45, 2.75) is 25.4 Å². The van der Waals surface area contributed by atoms with Crippen molar-refractivity contribution in [3.05, 3.63) is 48.0 Å². The Labute approximate surface area is 175 Å². The van der Waals surface area contributed by atoms with Crippen LogP contribution in [0.25, 0.3) is 16.9 Å². The first-order chi connectivity index (χ1) is 14.5. The normalized spacial score (nSPS) is 19.1. The maximum atomic E-state index is 11.6. The van der Waals surface area contributed by atoms with E-state index in [1.165, 1.54) is 0 Å². The maximum Gasteiger partial charge on any atom is 0.252 e. The fourth-order valence-corrected chi connectivity index (χ4v) is 5.10. The van der Waals surface area contributed by atoms with Gasteiger partial charge in [0.2, 0.25) is 6.41 Å². The number of fused-ring (bicyclic) bond motifs is 1. The van der Waals surface area contributed by atoms with Gasteiger partial charge in [0.05, 0.1) is 17.2 Å². The van der Waals surface area contributed by atoms with E-state index in [-0.39, 0.29) is 17.5 Å². The average molecular weight is 426 g/mol. The van der Waals surface area contributed by atoms with Crippen LogP contribution in [0.3, 0.4) is 0 Å². The predicted molar refractivity (Wildman–Crippen MR) is 114 cm³/mol. The van der Waals surface area contributed by atoms with Crippen LogP contribution in [-0.2, 0) is 21.2 Å². The summed E-state index contributed by atoms with van der Waals surface area (Å²) < 4.78 is 25.0. The lowest BCUT2D eigenvalue weighted by Gasteiger charge is -2.26. The molecule has 0 radical (unpaired) electrons. The Balaban J connectivity index is 1.37. The lowest BCUT2D eigenvalue weighted by atomic mass is 10.1. The number of amides is 1. The van der Waals surface area contributed by atoms with Gasteiger partial charge in [0, 0.05) is 31.2 Å². The molecule has 1 aliphatic heterocycles. The molecule has 9 heteroatoms. The molecular weight excluding hydrogens is 402 g/mol. The molecule has 1 aromatic carbocycles. The first-order valence-corrected chi connectivity index (χ1v) is 12.0. The van der Waals surface area contributed by atoms with Crippen molar-refractivity contribution in [2.75, 3.05) is 29.5 Å². The maximum absolute atomic E-state index is 11.6. The minimum Gasteiger partial charge on any atom is -0.297 e. The summed E-state index contributed by atoms with van der Waals surface area (Å²) in [5, 5.41) is 4.59. The molecule has 2 fully saturated rings. The minimum absolute atomic E-state index is 0.215. The van der Waals surface area contributed by atoms with Gasteiger partial charge in [0.15, 0.2) is 15.5 Å². The molecule has 0 bridgehead atoms. The van der Waals surface area contributed by atoms with E-state index in [0.29, 0.717) is 24.7 Å². The van der Waals surface area contributed by atoms with E-state index < -0.39 is 9.84 Å². The van der Waals surface area contributed by atoms with Crippen molar-refractivity contribution in [3.63, 3.8) is 0 Å². The second-order valence-corrected chi connectivity index (χ2v) is 10.3. The van der Waals surface area contributed by atoms with Gasteiger partial charge in [-0.15, -0.1) is 5.10 Å². The summed E-state index contributed by atoms with van der Waals surface area (Å²) >= 11 is 0. The summed E-state index contributed by atoms with van der Waals surface area (Å²) in [5.41, 5.74) is 3.76. The van der Waals surface area contributed by atoms with Gasteiger partial charge >= 0.3 is 0 Å². The zero-order valence-corrected chi connectivity index (χ0v) is 17.3. The number of rotatable bonds is 6. The number of anilines is 1. The number of hydrogen-bond acceptors (Lipinski definition) is 6. The highest BCUT2D eigenvalue weighted by Crippen LogP contribution is 2.29. The van der Waals surface area contributed by atoms with Crippen LogP contribution < -0.4 is 4.90 Å². The molecule has 0 N–H and O–H groups in total. The van der Waals surface area contributed by atoms with Gasteiger partial charge in [0.1, 0.15) is 0 Å². The molecule has 1 saturated carbocycles. The number of hydrogen-bond donors (Lipinski definition) is 0. The van der Waals surface area contributed by atoms with Gasteiger partial charge in [-0.25, -0.2) is 12.9 Å². The Hall–Kier alpha value is -2.78. The third kappa shape index (κ3) is 3.82. The van der Waals surface area contributed by atoms with E-state index in [1.54, 1.807) is 9.42 Å². The van der Waals surface area contributed by atoms with Crippen LogP contribution in [-0.4, -0.2) is 65.0 Å². The molecule has 2 aliphatic rings. The second kappa shape index (κ2) is 7.48. The van der Waals surface area contributed by atoms with E-state index in [4.69, 9.17) is 0 Å². The summed E-state index contributed by atoms with van der Waals surface area (Å²) in [7, 11) is -2.86. The molecule has 0 atom stereocenters. The molecule has 30 heavy (non-hydrogen) atoms. The Morgan fingerprint density at radius 3 is 2.47 bits per heavy atom. The van der Waals surface area contributed by atoms with Crippen molar-refractivity contribution in [1.29, 1.82) is 0 Å². The van der Waals surface area contributed by atoms with E-state index in [9.17, 15) is 13.2 Å². The lowest BCUT2D eigenvalue weighted by molar-refractivity contribution is -0.107. The molecule has 156 valence electrons. The molecule has 8 nitrogen and oxygen atoms in total. The molecular formula is C21H23N5O3S. The highest BCUT2D eigenvalue weighted by Gasteiger charge is 2.31. The molecule has 2 aromatic heterocycles. The van der Waals surface area contributed by atoms with Crippen LogP contribution in [0.15, 0.2) is 42.5 Å². The largest absolute Gasteiger partial charge is 0.297 e. The van der Waals surface area contributed by atoms with Gasteiger partial charge in [-0.3, -0.25) is 14.6 Å². The average Bonchev–Trinajstić information content (AvgIpc) is 3.48. The van der Waals surface area contributed by atoms with Crippen molar-refractivity contribution >= 4 is 27.8 Å². The molecule has 0 spiro atoms. The van der Waals surface area contributed by atoms with Gasteiger partial charge < -0.3 is 0 Å². The van der Waals surface area contributed by atoms with Crippen LogP contribution in [0.5, 0.6) is 0 Å². The van der Waals surface area contributed by atoms with E-state index in [1.807, 2.05) is 30.3 Å². The zero-order valence-electron chi connectivity index (χ0n) is 16.5. The predicted octanol–water partition coefficient (Wildman–Crippen LogP) is 1.75. The van der Waals surface area contributed by atoms with Crippen LogP contribution >= 0.6 is 0 Å². The van der Waals surface area contributed by atoms with Crippen molar-refractivity contribution in [1.82, 2.24) is 19.5 Å². The molecule has 1 amide bonds. The quantitative estimate of drug-likeness (QED) is 0.559. The van der Waals surface area contributed by atoms with Crippen LogP contribution in [0.4, 0.5) is 5.95 Å². The van der Waals surface area contributed by atoms with Crippen molar-refractivity contribution in [2.24, 2.45) is 0 Å². The monoisotopic (exact) mass is 425 g/mol. The Kier molecular flexibility index (Phi) is 4.79. The summed E-state index contributed by atoms with van der Waals surface area (Å²) in [6.07, 6.45) is 2.80. The van der Waals surface area contributed by atoms with Gasteiger partial charge in [-0.2, -0.15) is 4.98 Å². The first kappa shape index (κ1) is 19.2. The van der Waals surface area contributed by atoms with Crippen LogP contribution in [0.2, 0.25) is 0 Å². The van der Waals surface area contributed by atoms with Crippen molar-refractivity contribution in [3.8, 4) is 11.3 Å². The summed E-state index contributed by atoms with van der Waals surface area (Å²) in [5.74, 6) is 0.914. The number of sulfone groups is 1.